The summed E-state index contributed by atoms with van der Waals surface area (Å²) in [4.78, 5) is 11.2. The molecule has 2 atom stereocenters. The first-order chi connectivity index (χ1) is 7.83. The van der Waals surface area contributed by atoms with Gasteiger partial charge < -0.3 is 4.79 Å². The minimum Gasteiger partial charge on any atom is -0.303 e. The molecule has 1 aliphatic rings. The molecule has 2 rings (SSSR count). The van der Waals surface area contributed by atoms with E-state index in [9.17, 15) is 9.18 Å². The summed E-state index contributed by atoms with van der Waals surface area (Å²) in [5.41, 5.74) is 0.560. The molecule has 0 saturated carbocycles. The van der Waals surface area contributed by atoms with Gasteiger partial charge >= 0.3 is 0 Å². The summed E-state index contributed by atoms with van der Waals surface area (Å²) in [6.07, 6.45) is 3.08. The molecular formula is C13H15FOS. The van der Waals surface area contributed by atoms with Crippen LogP contribution in [0.5, 0.6) is 0 Å². The number of rotatable bonds is 3. The molecule has 0 amide bonds. The number of aldehydes is 1. The van der Waals surface area contributed by atoms with E-state index in [2.05, 4.69) is 0 Å². The third-order valence-electron chi connectivity index (χ3n) is 3.11. The topological polar surface area (TPSA) is 17.1 Å². The Morgan fingerprint density at radius 1 is 1.44 bits per heavy atom. The zero-order valence-corrected chi connectivity index (χ0v) is 9.88. The lowest BCUT2D eigenvalue weighted by Gasteiger charge is -2.26. The molecule has 1 nitrogen and oxygen atoms in total. The second kappa shape index (κ2) is 5.48. The Bertz CT molecular complexity index is 361. The summed E-state index contributed by atoms with van der Waals surface area (Å²) in [6.45, 7) is 0. The fourth-order valence-electron chi connectivity index (χ4n) is 2.23. The van der Waals surface area contributed by atoms with Crippen molar-refractivity contribution in [3.8, 4) is 0 Å². The summed E-state index contributed by atoms with van der Waals surface area (Å²) in [5.74, 6) is 1.91. The van der Waals surface area contributed by atoms with Crippen molar-refractivity contribution in [2.75, 3.05) is 11.5 Å². The van der Waals surface area contributed by atoms with Crippen molar-refractivity contribution >= 4 is 18.0 Å². The van der Waals surface area contributed by atoms with Crippen LogP contribution in [-0.4, -0.2) is 17.8 Å². The highest BCUT2D eigenvalue weighted by Gasteiger charge is 2.26. The Hall–Kier alpha value is -0.830. The molecule has 0 spiro atoms. The van der Waals surface area contributed by atoms with Gasteiger partial charge in [-0.1, -0.05) is 18.2 Å². The highest BCUT2D eigenvalue weighted by Crippen LogP contribution is 2.34. The van der Waals surface area contributed by atoms with Crippen LogP contribution < -0.4 is 0 Å². The minimum atomic E-state index is -0.269. The van der Waals surface area contributed by atoms with Crippen molar-refractivity contribution in [1.29, 1.82) is 0 Å². The van der Waals surface area contributed by atoms with Gasteiger partial charge in [-0.15, -0.1) is 0 Å². The molecule has 0 N–H and O–H groups in total. The second-order valence-corrected chi connectivity index (χ2v) is 5.31. The lowest BCUT2D eigenvalue weighted by Crippen LogP contribution is -2.21. The molecule has 1 saturated heterocycles. The van der Waals surface area contributed by atoms with Crippen LogP contribution in [0.4, 0.5) is 4.39 Å². The van der Waals surface area contributed by atoms with Gasteiger partial charge in [0.1, 0.15) is 12.1 Å². The van der Waals surface area contributed by atoms with E-state index in [0.717, 1.165) is 24.9 Å². The molecule has 1 heterocycles. The second-order valence-electron chi connectivity index (χ2n) is 4.16. The van der Waals surface area contributed by atoms with Crippen molar-refractivity contribution in [2.24, 2.45) is 5.92 Å². The molecule has 0 aromatic heterocycles. The predicted molar refractivity (Wildman–Crippen MR) is 65.3 cm³/mol. The number of halogens is 1. The SMILES string of the molecule is O=CC(c1ccccc1F)C1CCCSC1. The van der Waals surface area contributed by atoms with E-state index in [4.69, 9.17) is 0 Å². The van der Waals surface area contributed by atoms with Crippen LogP contribution in [0.25, 0.3) is 0 Å². The molecule has 3 heteroatoms. The van der Waals surface area contributed by atoms with E-state index in [1.165, 1.54) is 11.8 Å². The Morgan fingerprint density at radius 2 is 2.25 bits per heavy atom. The van der Waals surface area contributed by atoms with Crippen LogP contribution in [0, 0.1) is 11.7 Å². The first-order valence-corrected chi connectivity index (χ1v) is 6.76. The molecule has 16 heavy (non-hydrogen) atoms. The molecule has 0 aliphatic carbocycles. The van der Waals surface area contributed by atoms with Gasteiger partial charge in [0, 0.05) is 5.92 Å². The average Bonchev–Trinajstić information content (AvgIpc) is 2.34. The molecule has 86 valence electrons. The normalized spacial score (nSPS) is 22.7. The number of carbonyl (C=O) groups excluding carboxylic acids is 1. The highest BCUT2D eigenvalue weighted by molar-refractivity contribution is 7.99. The van der Waals surface area contributed by atoms with Gasteiger partial charge in [-0.2, -0.15) is 11.8 Å². The third kappa shape index (κ3) is 2.46. The number of benzene rings is 1. The van der Waals surface area contributed by atoms with E-state index in [1.807, 2.05) is 11.8 Å². The molecule has 2 unspecified atom stereocenters. The quantitative estimate of drug-likeness (QED) is 0.752. The van der Waals surface area contributed by atoms with Crippen LogP contribution >= 0.6 is 11.8 Å². The Morgan fingerprint density at radius 3 is 2.88 bits per heavy atom. The Kier molecular flexibility index (Phi) is 3.99. The van der Waals surface area contributed by atoms with Gasteiger partial charge in [0.15, 0.2) is 0 Å². The maximum Gasteiger partial charge on any atom is 0.127 e. The minimum absolute atomic E-state index is 0.254. The van der Waals surface area contributed by atoms with Gasteiger partial charge in [0.05, 0.1) is 0 Å². The molecule has 1 aromatic carbocycles. The molecular weight excluding hydrogens is 223 g/mol. The predicted octanol–water partition coefficient (Wildman–Crippen LogP) is 3.25. The summed E-state index contributed by atoms with van der Waals surface area (Å²) >= 11 is 1.87. The maximum absolute atomic E-state index is 13.6. The lowest BCUT2D eigenvalue weighted by atomic mass is 9.85. The van der Waals surface area contributed by atoms with E-state index in [1.54, 1.807) is 18.2 Å². The Balaban J connectivity index is 2.21. The van der Waals surface area contributed by atoms with Gasteiger partial charge in [-0.25, -0.2) is 4.39 Å². The van der Waals surface area contributed by atoms with Crippen molar-refractivity contribution in [2.45, 2.75) is 18.8 Å². The zero-order valence-electron chi connectivity index (χ0n) is 9.06. The average molecular weight is 238 g/mol. The smallest absolute Gasteiger partial charge is 0.127 e. The van der Waals surface area contributed by atoms with Crippen LogP contribution in [0.3, 0.4) is 0 Å². The molecule has 1 aliphatic heterocycles. The van der Waals surface area contributed by atoms with Crippen LogP contribution in [0.2, 0.25) is 0 Å². The van der Waals surface area contributed by atoms with E-state index >= 15 is 0 Å². The largest absolute Gasteiger partial charge is 0.303 e. The summed E-state index contributed by atoms with van der Waals surface area (Å²) in [7, 11) is 0. The van der Waals surface area contributed by atoms with E-state index < -0.39 is 0 Å². The van der Waals surface area contributed by atoms with Crippen molar-refractivity contribution in [3.63, 3.8) is 0 Å². The molecule has 1 fully saturated rings. The zero-order chi connectivity index (χ0) is 11.4. The van der Waals surface area contributed by atoms with Crippen molar-refractivity contribution < 1.29 is 9.18 Å². The number of thioether (sulfide) groups is 1. The fraction of sp³-hybridized carbons (Fsp3) is 0.462. The summed E-state index contributed by atoms with van der Waals surface area (Å²) in [6, 6.07) is 6.62. The van der Waals surface area contributed by atoms with Gasteiger partial charge in [0.25, 0.3) is 0 Å². The van der Waals surface area contributed by atoms with Crippen molar-refractivity contribution in [1.82, 2.24) is 0 Å². The molecule has 1 aromatic rings. The third-order valence-corrected chi connectivity index (χ3v) is 4.36. The highest BCUT2D eigenvalue weighted by atomic mass is 32.2. The van der Waals surface area contributed by atoms with E-state index in [-0.39, 0.29) is 11.7 Å². The summed E-state index contributed by atoms with van der Waals surface area (Å²) in [5, 5.41) is 0. The molecule has 0 radical (unpaired) electrons. The number of hydrogen-bond acceptors (Lipinski definition) is 2. The maximum atomic E-state index is 13.6. The van der Waals surface area contributed by atoms with E-state index in [0.29, 0.717) is 11.5 Å². The first kappa shape index (κ1) is 11.6. The summed E-state index contributed by atoms with van der Waals surface area (Å²) < 4.78 is 13.6. The van der Waals surface area contributed by atoms with Crippen LogP contribution in [0.15, 0.2) is 24.3 Å². The monoisotopic (exact) mass is 238 g/mol. The standard InChI is InChI=1S/C13H15FOS/c14-13-6-2-1-5-11(13)12(8-15)10-4-3-7-16-9-10/h1-2,5-6,8,10,12H,3-4,7,9H2. The number of hydrogen-bond donors (Lipinski definition) is 0. The lowest BCUT2D eigenvalue weighted by molar-refractivity contribution is -0.110. The van der Waals surface area contributed by atoms with Gasteiger partial charge in [-0.3, -0.25) is 0 Å². The molecule has 0 bridgehead atoms. The fourth-order valence-corrected chi connectivity index (χ4v) is 3.45. The number of carbonyl (C=O) groups is 1. The Labute approximate surface area is 99.4 Å². The van der Waals surface area contributed by atoms with Crippen LogP contribution in [-0.2, 0) is 4.79 Å². The van der Waals surface area contributed by atoms with Gasteiger partial charge in [0.2, 0.25) is 0 Å². The first-order valence-electron chi connectivity index (χ1n) is 5.60. The van der Waals surface area contributed by atoms with Gasteiger partial charge in [-0.05, 0) is 41.9 Å². The van der Waals surface area contributed by atoms with Crippen LogP contribution in [0.1, 0.15) is 24.3 Å². The van der Waals surface area contributed by atoms with Crippen molar-refractivity contribution in [3.05, 3.63) is 35.6 Å².